The SMILES string of the molecule is COC(=O)C[C@H](NC(=O)Cc1cccs1)c1ccccc1. The third-order valence-corrected chi connectivity index (χ3v) is 3.93. The minimum absolute atomic E-state index is 0.102. The van der Waals surface area contributed by atoms with E-state index in [4.69, 9.17) is 4.74 Å². The first-order chi connectivity index (χ1) is 10.2. The molecule has 0 aliphatic heterocycles. The molecule has 0 spiro atoms. The van der Waals surface area contributed by atoms with E-state index in [9.17, 15) is 9.59 Å². The van der Waals surface area contributed by atoms with Crippen LogP contribution < -0.4 is 5.32 Å². The smallest absolute Gasteiger partial charge is 0.307 e. The summed E-state index contributed by atoms with van der Waals surface area (Å²) in [6, 6.07) is 12.9. The Morgan fingerprint density at radius 3 is 2.57 bits per heavy atom. The predicted molar refractivity (Wildman–Crippen MR) is 82.0 cm³/mol. The average Bonchev–Trinajstić information content (AvgIpc) is 3.00. The zero-order chi connectivity index (χ0) is 15.1. The highest BCUT2D eigenvalue weighted by Crippen LogP contribution is 2.18. The first kappa shape index (κ1) is 15.3. The molecule has 1 aromatic heterocycles. The Bertz CT molecular complexity index is 581. The Morgan fingerprint density at radius 2 is 1.95 bits per heavy atom. The second-order valence-corrected chi connectivity index (χ2v) is 5.60. The van der Waals surface area contributed by atoms with Gasteiger partial charge in [-0.3, -0.25) is 9.59 Å². The number of thiophene rings is 1. The molecule has 1 aromatic carbocycles. The van der Waals surface area contributed by atoms with Gasteiger partial charge in [0.15, 0.2) is 0 Å². The monoisotopic (exact) mass is 303 g/mol. The highest BCUT2D eigenvalue weighted by molar-refractivity contribution is 7.10. The maximum absolute atomic E-state index is 12.1. The average molecular weight is 303 g/mol. The van der Waals surface area contributed by atoms with Crippen molar-refractivity contribution in [2.75, 3.05) is 7.11 Å². The maximum atomic E-state index is 12.1. The van der Waals surface area contributed by atoms with Crippen LogP contribution in [0.4, 0.5) is 0 Å². The summed E-state index contributed by atoms with van der Waals surface area (Å²) in [7, 11) is 1.35. The molecule has 0 aliphatic carbocycles. The van der Waals surface area contributed by atoms with Gasteiger partial charge in [-0.25, -0.2) is 0 Å². The number of nitrogens with one attached hydrogen (secondary N) is 1. The third kappa shape index (κ3) is 4.72. The largest absolute Gasteiger partial charge is 0.469 e. The Hall–Kier alpha value is -2.14. The molecule has 1 atom stereocenters. The molecule has 0 bridgehead atoms. The van der Waals surface area contributed by atoms with Crippen molar-refractivity contribution in [1.29, 1.82) is 0 Å². The first-order valence-corrected chi connectivity index (χ1v) is 7.50. The second-order valence-electron chi connectivity index (χ2n) is 4.57. The van der Waals surface area contributed by atoms with Gasteiger partial charge in [-0.1, -0.05) is 36.4 Å². The van der Waals surface area contributed by atoms with Gasteiger partial charge in [-0.15, -0.1) is 11.3 Å². The minimum Gasteiger partial charge on any atom is -0.469 e. The van der Waals surface area contributed by atoms with Crippen molar-refractivity contribution < 1.29 is 14.3 Å². The lowest BCUT2D eigenvalue weighted by molar-refractivity contribution is -0.141. The molecule has 110 valence electrons. The standard InChI is InChI=1S/C16H17NO3S/c1-20-16(19)11-14(12-6-3-2-4-7-12)17-15(18)10-13-8-5-9-21-13/h2-9,14H,10-11H2,1H3,(H,17,18)/t14-/m0/s1. The van der Waals surface area contributed by atoms with E-state index < -0.39 is 0 Å². The number of esters is 1. The summed E-state index contributed by atoms with van der Waals surface area (Å²) >= 11 is 1.54. The van der Waals surface area contributed by atoms with E-state index in [1.54, 1.807) is 11.3 Å². The van der Waals surface area contributed by atoms with Crippen molar-refractivity contribution in [1.82, 2.24) is 5.32 Å². The number of hydrogen-bond donors (Lipinski definition) is 1. The first-order valence-electron chi connectivity index (χ1n) is 6.62. The summed E-state index contributed by atoms with van der Waals surface area (Å²) in [6.07, 6.45) is 0.443. The van der Waals surface area contributed by atoms with E-state index in [2.05, 4.69) is 5.32 Å². The molecule has 0 saturated heterocycles. The summed E-state index contributed by atoms with van der Waals surface area (Å²) in [5.41, 5.74) is 0.891. The predicted octanol–water partition coefficient (Wildman–Crippen LogP) is 2.71. The van der Waals surface area contributed by atoms with Crippen LogP contribution in [-0.2, 0) is 20.7 Å². The van der Waals surface area contributed by atoms with Gasteiger partial charge < -0.3 is 10.1 Å². The number of ether oxygens (including phenoxy) is 1. The van der Waals surface area contributed by atoms with Gasteiger partial charge in [-0.2, -0.15) is 0 Å². The molecule has 21 heavy (non-hydrogen) atoms. The quantitative estimate of drug-likeness (QED) is 0.835. The Morgan fingerprint density at radius 1 is 1.19 bits per heavy atom. The number of carbonyl (C=O) groups is 2. The van der Waals surface area contributed by atoms with Crippen LogP contribution >= 0.6 is 11.3 Å². The van der Waals surface area contributed by atoms with Crippen LogP contribution in [0.5, 0.6) is 0 Å². The number of rotatable bonds is 6. The van der Waals surface area contributed by atoms with Crippen LogP contribution in [0, 0.1) is 0 Å². The molecule has 1 heterocycles. The number of carbonyl (C=O) groups excluding carboxylic acids is 2. The molecular formula is C16H17NO3S. The second kappa shape index (κ2) is 7.59. The summed E-state index contributed by atoms with van der Waals surface area (Å²) in [5.74, 6) is -0.449. The van der Waals surface area contributed by atoms with E-state index in [0.29, 0.717) is 6.42 Å². The molecular weight excluding hydrogens is 286 g/mol. The molecule has 2 aromatic rings. The Labute approximate surface area is 127 Å². The molecule has 0 fully saturated rings. The Kier molecular flexibility index (Phi) is 5.51. The van der Waals surface area contributed by atoms with Gasteiger partial charge in [0.1, 0.15) is 0 Å². The zero-order valence-corrected chi connectivity index (χ0v) is 12.6. The molecule has 0 radical (unpaired) electrons. The van der Waals surface area contributed by atoms with E-state index in [1.807, 2.05) is 47.8 Å². The van der Waals surface area contributed by atoms with Crippen molar-refractivity contribution in [2.45, 2.75) is 18.9 Å². The normalized spacial score (nSPS) is 11.7. The molecule has 5 heteroatoms. The summed E-state index contributed by atoms with van der Waals surface area (Å²) < 4.78 is 4.70. The number of amides is 1. The molecule has 0 saturated carbocycles. The van der Waals surface area contributed by atoms with Gasteiger partial charge in [0.25, 0.3) is 0 Å². The van der Waals surface area contributed by atoms with Crippen LogP contribution in [0.1, 0.15) is 22.9 Å². The van der Waals surface area contributed by atoms with Gasteiger partial charge in [0, 0.05) is 4.88 Å². The summed E-state index contributed by atoms with van der Waals surface area (Å²) in [5, 5.41) is 4.84. The number of methoxy groups -OCH3 is 1. The molecule has 2 rings (SSSR count). The van der Waals surface area contributed by atoms with Crippen LogP contribution in [0.2, 0.25) is 0 Å². The van der Waals surface area contributed by atoms with Gasteiger partial charge in [0.05, 0.1) is 26.0 Å². The van der Waals surface area contributed by atoms with Crippen LogP contribution in [0.3, 0.4) is 0 Å². The molecule has 4 nitrogen and oxygen atoms in total. The fourth-order valence-electron chi connectivity index (χ4n) is 2.00. The topological polar surface area (TPSA) is 55.4 Å². The van der Waals surface area contributed by atoms with Crippen molar-refractivity contribution in [3.63, 3.8) is 0 Å². The zero-order valence-electron chi connectivity index (χ0n) is 11.7. The van der Waals surface area contributed by atoms with E-state index >= 15 is 0 Å². The third-order valence-electron chi connectivity index (χ3n) is 3.05. The van der Waals surface area contributed by atoms with Gasteiger partial charge in [-0.05, 0) is 17.0 Å². The number of hydrogen-bond acceptors (Lipinski definition) is 4. The lowest BCUT2D eigenvalue weighted by atomic mass is 10.0. The van der Waals surface area contributed by atoms with Crippen molar-refractivity contribution >= 4 is 23.2 Å². The van der Waals surface area contributed by atoms with Crippen molar-refractivity contribution in [3.8, 4) is 0 Å². The fourth-order valence-corrected chi connectivity index (χ4v) is 2.71. The van der Waals surface area contributed by atoms with Gasteiger partial charge >= 0.3 is 5.97 Å². The van der Waals surface area contributed by atoms with Crippen LogP contribution in [0.25, 0.3) is 0 Å². The fraction of sp³-hybridized carbons (Fsp3) is 0.250. The number of benzene rings is 1. The highest BCUT2D eigenvalue weighted by Gasteiger charge is 2.18. The molecule has 0 aliphatic rings. The minimum atomic E-state index is -0.369. The van der Waals surface area contributed by atoms with Crippen LogP contribution in [-0.4, -0.2) is 19.0 Å². The van der Waals surface area contributed by atoms with Gasteiger partial charge in [0.2, 0.25) is 5.91 Å². The van der Waals surface area contributed by atoms with E-state index in [-0.39, 0.29) is 24.3 Å². The Balaban J connectivity index is 2.05. The van der Waals surface area contributed by atoms with E-state index in [0.717, 1.165) is 10.4 Å². The lowest BCUT2D eigenvalue weighted by Gasteiger charge is -2.18. The lowest BCUT2D eigenvalue weighted by Crippen LogP contribution is -2.31. The molecule has 0 unspecified atom stereocenters. The molecule has 1 amide bonds. The van der Waals surface area contributed by atoms with E-state index in [1.165, 1.54) is 7.11 Å². The maximum Gasteiger partial charge on any atom is 0.307 e. The van der Waals surface area contributed by atoms with Crippen molar-refractivity contribution in [3.05, 3.63) is 58.3 Å². The summed E-state index contributed by atoms with van der Waals surface area (Å²) in [6.45, 7) is 0. The molecule has 1 N–H and O–H groups in total. The van der Waals surface area contributed by atoms with Crippen LogP contribution in [0.15, 0.2) is 47.8 Å². The van der Waals surface area contributed by atoms with Crippen molar-refractivity contribution in [2.24, 2.45) is 0 Å². The summed E-state index contributed by atoms with van der Waals surface area (Å²) in [4.78, 5) is 24.6. The highest BCUT2D eigenvalue weighted by atomic mass is 32.1.